The minimum atomic E-state index is -0.649. The van der Waals surface area contributed by atoms with Crippen molar-refractivity contribution in [2.75, 3.05) is 13.2 Å². The SMILES string of the molecule is C=CCOc1c(Br)cc(/C=c2\sc3n(c2=O)[C@@H](c2ccc(Br)cc2)C(C(=O)OCC)=C(C)N=3)cc1Br. The lowest BCUT2D eigenvalue weighted by atomic mass is 9.96. The lowest BCUT2D eigenvalue weighted by Crippen LogP contribution is -2.39. The van der Waals surface area contributed by atoms with Crippen LogP contribution in [0.2, 0.25) is 0 Å². The highest BCUT2D eigenvalue weighted by Gasteiger charge is 2.33. The minimum Gasteiger partial charge on any atom is -0.487 e. The maximum Gasteiger partial charge on any atom is 0.338 e. The number of aromatic nitrogens is 1. The molecule has 2 aromatic carbocycles. The molecule has 0 aliphatic carbocycles. The largest absolute Gasteiger partial charge is 0.487 e. The molecule has 2 heterocycles. The Morgan fingerprint density at radius 1 is 1.19 bits per heavy atom. The summed E-state index contributed by atoms with van der Waals surface area (Å²) < 4.78 is 15.5. The van der Waals surface area contributed by atoms with E-state index in [0.717, 1.165) is 24.5 Å². The third-order valence-electron chi connectivity index (χ3n) is 5.37. The molecule has 1 aromatic heterocycles. The average molecular weight is 697 g/mol. The van der Waals surface area contributed by atoms with E-state index in [4.69, 9.17) is 9.47 Å². The van der Waals surface area contributed by atoms with Gasteiger partial charge in [0.05, 0.1) is 37.4 Å². The van der Waals surface area contributed by atoms with Crippen molar-refractivity contribution < 1.29 is 14.3 Å². The maximum absolute atomic E-state index is 13.7. The predicted octanol–water partition coefficient (Wildman–Crippen LogP) is 5.65. The molecule has 0 amide bonds. The van der Waals surface area contributed by atoms with Crippen LogP contribution in [0.15, 0.2) is 83.5 Å². The Bertz CT molecular complexity index is 1530. The third kappa shape index (κ3) is 5.37. The zero-order valence-corrected chi connectivity index (χ0v) is 25.0. The van der Waals surface area contributed by atoms with Gasteiger partial charge in [-0.05, 0) is 87.2 Å². The standard InChI is InChI=1S/C26H21Br3N2O4S/c1-4-10-35-23-18(28)11-15(12-19(23)29)13-20-24(32)31-22(16-6-8-17(27)9-7-16)21(25(33)34-5-2)14(3)30-26(31)36-20/h4,6-9,11-13,22H,1,5,10H2,2-3H3/b20-13-/t22-/m0/s1. The van der Waals surface area contributed by atoms with Gasteiger partial charge in [-0.2, -0.15) is 0 Å². The van der Waals surface area contributed by atoms with E-state index in [1.165, 1.54) is 11.3 Å². The summed E-state index contributed by atoms with van der Waals surface area (Å²) in [4.78, 5) is 31.8. The van der Waals surface area contributed by atoms with Crippen LogP contribution >= 0.6 is 59.1 Å². The lowest BCUT2D eigenvalue weighted by molar-refractivity contribution is -0.139. The van der Waals surface area contributed by atoms with E-state index in [9.17, 15) is 9.59 Å². The molecule has 0 radical (unpaired) electrons. The molecule has 0 bridgehead atoms. The normalized spacial score (nSPS) is 15.4. The molecule has 6 nitrogen and oxygen atoms in total. The number of ether oxygens (including phenoxy) is 2. The molecule has 0 N–H and O–H groups in total. The Kier molecular flexibility index (Phi) is 8.49. The maximum atomic E-state index is 13.7. The molecule has 0 unspecified atom stereocenters. The number of hydrogen-bond acceptors (Lipinski definition) is 6. The number of fused-ring (bicyclic) bond motifs is 1. The van der Waals surface area contributed by atoms with Crippen LogP contribution in [-0.2, 0) is 9.53 Å². The number of halogens is 3. The molecule has 10 heteroatoms. The summed E-state index contributed by atoms with van der Waals surface area (Å²) in [6.45, 7) is 7.79. The molecule has 1 aliphatic heterocycles. The fourth-order valence-corrected chi connectivity index (χ4v) is 6.61. The zero-order chi connectivity index (χ0) is 26.0. The molecule has 4 rings (SSSR count). The topological polar surface area (TPSA) is 69.9 Å². The van der Waals surface area contributed by atoms with Crippen LogP contribution < -0.4 is 19.6 Å². The lowest BCUT2D eigenvalue weighted by Gasteiger charge is -2.24. The van der Waals surface area contributed by atoms with Crippen molar-refractivity contribution in [2.24, 2.45) is 4.99 Å². The number of hydrogen-bond donors (Lipinski definition) is 0. The Labute approximate surface area is 237 Å². The van der Waals surface area contributed by atoms with E-state index < -0.39 is 12.0 Å². The average Bonchev–Trinajstić information content (AvgIpc) is 3.12. The van der Waals surface area contributed by atoms with Gasteiger partial charge in [-0.15, -0.1) is 0 Å². The van der Waals surface area contributed by atoms with Gasteiger partial charge in [-0.25, -0.2) is 9.79 Å². The van der Waals surface area contributed by atoms with E-state index in [2.05, 4.69) is 59.4 Å². The molecule has 1 aliphatic rings. The second-order valence-electron chi connectivity index (χ2n) is 7.77. The molecular weight excluding hydrogens is 676 g/mol. The summed E-state index contributed by atoms with van der Waals surface area (Å²) in [5.41, 5.74) is 2.24. The van der Waals surface area contributed by atoms with E-state index >= 15 is 0 Å². The number of nitrogens with zero attached hydrogens (tertiary/aromatic N) is 2. The summed E-state index contributed by atoms with van der Waals surface area (Å²) >= 11 is 11.8. The van der Waals surface area contributed by atoms with Crippen LogP contribution in [0.25, 0.3) is 6.08 Å². The number of thiazole rings is 1. The van der Waals surface area contributed by atoms with Crippen LogP contribution in [0.4, 0.5) is 0 Å². The molecule has 36 heavy (non-hydrogen) atoms. The summed E-state index contributed by atoms with van der Waals surface area (Å²) in [5, 5.41) is 0. The van der Waals surface area contributed by atoms with Gasteiger partial charge in [0.1, 0.15) is 12.4 Å². The van der Waals surface area contributed by atoms with Gasteiger partial charge in [-0.1, -0.05) is 52.1 Å². The number of allylic oxidation sites excluding steroid dienone is 1. The predicted molar refractivity (Wildman–Crippen MR) is 152 cm³/mol. The van der Waals surface area contributed by atoms with Gasteiger partial charge in [0.2, 0.25) is 0 Å². The second-order valence-corrected chi connectivity index (χ2v) is 11.4. The van der Waals surface area contributed by atoms with E-state index in [1.807, 2.05) is 36.4 Å². The first-order valence-electron chi connectivity index (χ1n) is 10.9. The van der Waals surface area contributed by atoms with Gasteiger partial charge < -0.3 is 9.47 Å². The van der Waals surface area contributed by atoms with Crippen molar-refractivity contribution in [3.05, 3.63) is 105 Å². The van der Waals surface area contributed by atoms with Gasteiger partial charge in [0.25, 0.3) is 5.56 Å². The number of rotatable bonds is 7. The molecule has 0 saturated heterocycles. The van der Waals surface area contributed by atoms with Crippen LogP contribution in [0.3, 0.4) is 0 Å². The minimum absolute atomic E-state index is 0.226. The van der Waals surface area contributed by atoms with Crippen molar-refractivity contribution in [1.29, 1.82) is 0 Å². The number of carbonyl (C=O) groups is 1. The fourth-order valence-electron chi connectivity index (χ4n) is 3.85. The van der Waals surface area contributed by atoms with Crippen LogP contribution in [0.1, 0.15) is 31.0 Å². The van der Waals surface area contributed by atoms with Crippen molar-refractivity contribution in [2.45, 2.75) is 19.9 Å². The van der Waals surface area contributed by atoms with Gasteiger partial charge >= 0.3 is 5.97 Å². The van der Waals surface area contributed by atoms with Crippen molar-refractivity contribution >= 4 is 71.2 Å². The van der Waals surface area contributed by atoms with Crippen molar-refractivity contribution in [3.8, 4) is 5.75 Å². The molecule has 0 spiro atoms. The van der Waals surface area contributed by atoms with Crippen molar-refractivity contribution in [1.82, 2.24) is 4.57 Å². The Hall–Kier alpha value is -2.27. The molecule has 186 valence electrons. The molecule has 0 fully saturated rings. The highest BCUT2D eigenvalue weighted by atomic mass is 79.9. The Morgan fingerprint density at radius 3 is 2.47 bits per heavy atom. The molecule has 3 aromatic rings. The molecule has 0 saturated carbocycles. The monoisotopic (exact) mass is 694 g/mol. The van der Waals surface area contributed by atoms with Crippen molar-refractivity contribution in [3.63, 3.8) is 0 Å². The first-order chi connectivity index (χ1) is 17.2. The smallest absolute Gasteiger partial charge is 0.338 e. The Morgan fingerprint density at radius 2 is 1.86 bits per heavy atom. The van der Waals surface area contributed by atoms with Gasteiger partial charge in [-0.3, -0.25) is 9.36 Å². The fraction of sp³-hybridized carbons (Fsp3) is 0.192. The van der Waals surface area contributed by atoms with Gasteiger partial charge in [0, 0.05) is 4.47 Å². The van der Waals surface area contributed by atoms with Crippen LogP contribution in [0.5, 0.6) is 5.75 Å². The highest BCUT2D eigenvalue weighted by Crippen LogP contribution is 2.35. The quantitative estimate of drug-likeness (QED) is 0.237. The van der Waals surface area contributed by atoms with E-state index in [-0.39, 0.29) is 12.2 Å². The van der Waals surface area contributed by atoms with E-state index in [0.29, 0.717) is 33.0 Å². The number of esters is 1. The van der Waals surface area contributed by atoms with E-state index in [1.54, 1.807) is 30.6 Å². The summed E-state index contributed by atoms with van der Waals surface area (Å²) in [5.74, 6) is 0.169. The van der Waals surface area contributed by atoms with Crippen LogP contribution in [-0.4, -0.2) is 23.8 Å². The van der Waals surface area contributed by atoms with Crippen LogP contribution in [0, 0.1) is 0 Å². The molecular formula is C26H21Br3N2O4S. The second kappa shape index (κ2) is 11.4. The zero-order valence-electron chi connectivity index (χ0n) is 19.4. The third-order valence-corrected chi connectivity index (χ3v) is 8.06. The molecule has 1 atom stereocenters. The first kappa shape index (κ1) is 26.8. The summed E-state index contributed by atoms with van der Waals surface area (Å²) in [6, 6.07) is 10.7. The Balaban J connectivity index is 1.89. The summed E-state index contributed by atoms with van der Waals surface area (Å²) in [7, 11) is 0. The number of carbonyl (C=O) groups excluding carboxylic acids is 1. The highest BCUT2D eigenvalue weighted by molar-refractivity contribution is 9.11. The number of benzene rings is 2. The van der Waals surface area contributed by atoms with Gasteiger partial charge in [0.15, 0.2) is 4.80 Å². The summed E-state index contributed by atoms with van der Waals surface area (Å²) in [6.07, 6.45) is 3.47. The first-order valence-corrected chi connectivity index (χ1v) is 14.1.